The van der Waals surface area contributed by atoms with Crippen LogP contribution in [-0.4, -0.2) is 56.5 Å². The maximum atomic E-state index is 12.1. The number of carbonyl (C=O) groups is 1. The molecule has 1 heterocycles. The number of aromatic amines is 1. The van der Waals surface area contributed by atoms with Crippen molar-refractivity contribution in [2.45, 2.75) is 26.4 Å². The van der Waals surface area contributed by atoms with E-state index in [1.807, 2.05) is 0 Å². The summed E-state index contributed by atoms with van der Waals surface area (Å²) in [4.78, 5) is 18.6. The molecule has 0 aliphatic rings. The smallest absolute Gasteiger partial charge is 0.354 e. The van der Waals surface area contributed by atoms with Gasteiger partial charge in [-0.15, -0.1) is 0 Å². The number of ether oxygens (including phenoxy) is 1. The van der Waals surface area contributed by atoms with Crippen LogP contribution in [0.5, 0.6) is 0 Å². The number of nitrogens with one attached hydrogen (secondary N) is 1. The molecule has 2 aromatic rings. The molecule has 1 aromatic carbocycles. The fourth-order valence-electron chi connectivity index (χ4n) is 3.03. The number of aromatic nitrogens is 1. The van der Waals surface area contributed by atoms with Crippen LogP contribution < -0.4 is 0 Å². The van der Waals surface area contributed by atoms with Gasteiger partial charge in [-0.2, -0.15) is 0 Å². The number of carbonyl (C=O) groups excluding carboxylic acids is 1. The van der Waals surface area contributed by atoms with Crippen LogP contribution in [0.15, 0.2) is 17.1 Å². The summed E-state index contributed by atoms with van der Waals surface area (Å²) in [6.07, 6.45) is 1.29. The molecule has 9 nitrogen and oxygen atoms in total. The Hall–Kier alpha value is -2.56. The van der Waals surface area contributed by atoms with Crippen molar-refractivity contribution in [3.8, 4) is 11.1 Å². The molecule has 0 amide bonds. The summed E-state index contributed by atoms with van der Waals surface area (Å²) < 4.78 is 4.73. The molecule has 6 N–H and O–H groups in total. The number of aliphatic hydroxyl groups excluding tert-OH is 5. The first-order chi connectivity index (χ1) is 13.1. The van der Waals surface area contributed by atoms with Gasteiger partial charge in [0.05, 0.1) is 39.2 Å². The first kappa shape index (κ1) is 20.7. The Kier molecular flexibility index (Phi) is 7.22. The minimum atomic E-state index is -0.705. The molecule has 0 aliphatic carbocycles. The Bertz CT molecular complexity index is 843. The van der Waals surface area contributed by atoms with E-state index in [4.69, 9.17) is 9.84 Å². The van der Waals surface area contributed by atoms with E-state index in [-0.39, 0.29) is 17.9 Å². The second-order valence-corrected chi connectivity index (χ2v) is 5.57. The lowest BCUT2D eigenvalue weighted by Gasteiger charge is -2.16. The van der Waals surface area contributed by atoms with Gasteiger partial charge in [0.1, 0.15) is 12.4 Å². The molecule has 0 spiro atoms. The van der Waals surface area contributed by atoms with E-state index >= 15 is 0 Å². The fraction of sp³-hybridized carbons (Fsp3) is 0.333. The Labute approximate surface area is 155 Å². The largest absolute Gasteiger partial charge is 0.464 e. The standard InChI is InChI=1S/C18H22N2O7/c1-27-18(26)17-14(8-24)16(15(20-17)4-19-9-25)11-3-2-10(5-21)12(6-22)13(11)7-23/h2-4,20-25H,5-9H2,1H3/b19-4+. The molecule has 146 valence electrons. The molecular weight excluding hydrogens is 356 g/mol. The number of rotatable bonds is 8. The van der Waals surface area contributed by atoms with Crippen molar-refractivity contribution in [2.75, 3.05) is 13.8 Å². The predicted octanol–water partition coefficient (Wildman–Crippen LogP) is -0.194. The number of hydrogen-bond acceptors (Lipinski definition) is 8. The number of aliphatic hydroxyl groups is 5. The van der Waals surface area contributed by atoms with Crippen LogP contribution >= 0.6 is 0 Å². The number of nitrogens with zero attached hydrogens (tertiary/aromatic N) is 1. The molecule has 0 fully saturated rings. The molecule has 2 rings (SSSR count). The van der Waals surface area contributed by atoms with E-state index in [1.54, 1.807) is 12.1 Å². The van der Waals surface area contributed by atoms with E-state index in [0.29, 0.717) is 33.5 Å². The van der Waals surface area contributed by atoms with Crippen molar-refractivity contribution in [3.63, 3.8) is 0 Å². The number of esters is 1. The molecule has 0 unspecified atom stereocenters. The lowest BCUT2D eigenvalue weighted by atomic mass is 9.90. The van der Waals surface area contributed by atoms with Gasteiger partial charge in [0.2, 0.25) is 0 Å². The summed E-state index contributed by atoms with van der Waals surface area (Å²) in [5.74, 6) is -0.705. The minimum absolute atomic E-state index is 0.00932. The van der Waals surface area contributed by atoms with Crippen LogP contribution in [0.3, 0.4) is 0 Å². The quantitative estimate of drug-likeness (QED) is 0.275. The SMILES string of the molecule is COC(=O)c1[nH]c(/C=N/CO)c(-c2ccc(CO)c(CO)c2CO)c1CO. The highest BCUT2D eigenvalue weighted by atomic mass is 16.5. The molecule has 0 saturated carbocycles. The Morgan fingerprint density at radius 1 is 1.04 bits per heavy atom. The van der Waals surface area contributed by atoms with Gasteiger partial charge in [-0.1, -0.05) is 12.1 Å². The second-order valence-electron chi connectivity index (χ2n) is 5.57. The van der Waals surface area contributed by atoms with Crippen molar-refractivity contribution in [3.05, 3.63) is 45.8 Å². The number of aliphatic imine (C=N–C) groups is 1. The molecule has 0 atom stereocenters. The molecule has 27 heavy (non-hydrogen) atoms. The summed E-state index contributed by atoms with van der Waals surface area (Å²) in [6.45, 7) is -2.18. The Morgan fingerprint density at radius 2 is 1.70 bits per heavy atom. The maximum Gasteiger partial charge on any atom is 0.354 e. The number of H-pyrrole nitrogens is 1. The van der Waals surface area contributed by atoms with Crippen LogP contribution in [0.1, 0.15) is 38.4 Å². The molecule has 9 heteroatoms. The molecule has 1 aromatic heterocycles. The van der Waals surface area contributed by atoms with Crippen molar-refractivity contribution in [2.24, 2.45) is 4.99 Å². The van der Waals surface area contributed by atoms with Crippen LogP contribution in [0.25, 0.3) is 11.1 Å². The Balaban J connectivity index is 2.86. The third-order valence-corrected chi connectivity index (χ3v) is 4.27. The van der Waals surface area contributed by atoms with Crippen LogP contribution in [-0.2, 0) is 31.2 Å². The summed E-state index contributed by atoms with van der Waals surface area (Å²) in [6, 6.07) is 3.19. The topological polar surface area (TPSA) is 156 Å². The Morgan fingerprint density at radius 3 is 2.22 bits per heavy atom. The highest BCUT2D eigenvalue weighted by Crippen LogP contribution is 2.35. The van der Waals surface area contributed by atoms with Crippen molar-refractivity contribution >= 4 is 12.2 Å². The van der Waals surface area contributed by atoms with Crippen LogP contribution in [0.4, 0.5) is 0 Å². The van der Waals surface area contributed by atoms with Gasteiger partial charge in [0, 0.05) is 17.3 Å². The molecule has 0 bridgehead atoms. The zero-order chi connectivity index (χ0) is 20.0. The minimum Gasteiger partial charge on any atom is -0.464 e. The van der Waals surface area contributed by atoms with E-state index in [0.717, 1.165) is 0 Å². The fourth-order valence-corrected chi connectivity index (χ4v) is 3.03. The van der Waals surface area contributed by atoms with Crippen molar-refractivity contribution in [1.29, 1.82) is 0 Å². The number of hydrogen-bond donors (Lipinski definition) is 6. The zero-order valence-corrected chi connectivity index (χ0v) is 14.8. The molecular formula is C18H22N2O7. The van der Waals surface area contributed by atoms with Crippen molar-refractivity contribution < 1.29 is 35.1 Å². The normalized spacial score (nSPS) is 11.3. The highest BCUT2D eigenvalue weighted by molar-refractivity contribution is 5.99. The third-order valence-electron chi connectivity index (χ3n) is 4.27. The van der Waals surface area contributed by atoms with Gasteiger partial charge in [-0.05, 0) is 22.3 Å². The summed E-state index contributed by atoms with van der Waals surface area (Å²) in [5, 5.41) is 47.9. The second kappa shape index (κ2) is 9.40. The first-order valence-corrected chi connectivity index (χ1v) is 8.09. The van der Waals surface area contributed by atoms with Crippen molar-refractivity contribution in [1.82, 2.24) is 4.98 Å². The van der Waals surface area contributed by atoms with Crippen LogP contribution in [0.2, 0.25) is 0 Å². The lowest BCUT2D eigenvalue weighted by Crippen LogP contribution is -2.06. The summed E-state index contributed by atoms with van der Waals surface area (Å²) >= 11 is 0. The number of benzene rings is 1. The average molecular weight is 378 g/mol. The van der Waals surface area contributed by atoms with Gasteiger partial charge >= 0.3 is 5.97 Å². The van der Waals surface area contributed by atoms with E-state index < -0.39 is 32.5 Å². The third kappa shape index (κ3) is 3.92. The molecule has 0 aliphatic heterocycles. The zero-order valence-electron chi connectivity index (χ0n) is 14.8. The highest BCUT2D eigenvalue weighted by Gasteiger charge is 2.25. The van der Waals surface area contributed by atoms with E-state index in [1.165, 1.54) is 13.3 Å². The van der Waals surface area contributed by atoms with E-state index in [9.17, 15) is 25.2 Å². The van der Waals surface area contributed by atoms with Crippen LogP contribution in [0, 0.1) is 0 Å². The van der Waals surface area contributed by atoms with Gasteiger partial charge in [0.25, 0.3) is 0 Å². The number of methoxy groups -OCH3 is 1. The van der Waals surface area contributed by atoms with Gasteiger partial charge in [0.15, 0.2) is 0 Å². The molecule has 0 saturated heterocycles. The maximum absolute atomic E-state index is 12.1. The summed E-state index contributed by atoms with van der Waals surface area (Å²) in [7, 11) is 1.20. The van der Waals surface area contributed by atoms with Gasteiger partial charge in [-0.25, -0.2) is 4.79 Å². The molecule has 0 radical (unpaired) electrons. The lowest BCUT2D eigenvalue weighted by molar-refractivity contribution is 0.0591. The van der Waals surface area contributed by atoms with E-state index in [2.05, 4.69) is 9.98 Å². The van der Waals surface area contributed by atoms with Gasteiger partial charge in [-0.3, -0.25) is 4.99 Å². The summed E-state index contributed by atoms with van der Waals surface area (Å²) in [5.41, 5.74) is 2.49. The first-order valence-electron chi connectivity index (χ1n) is 8.09. The van der Waals surface area contributed by atoms with Gasteiger partial charge < -0.3 is 35.3 Å². The average Bonchev–Trinajstić information content (AvgIpc) is 3.08. The predicted molar refractivity (Wildman–Crippen MR) is 95.9 cm³/mol. The monoisotopic (exact) mass is 378 g/mol.